The third-order valence-electron chi connectivity index (χ3n) is 2.11. The molecule has 0 bridgehead atoms. The van der Waals surface area contributed by atoms with E-state index in [1.54, 1.807) is 0 Å². The summed E-state index contributed by atoms with van der Waals surface area (Å²) in [5.74, 6) is 0.287. The van der Waals surface area contributed by atoms with Gasteiger partial charge in [0.05, 0.1) is 0 Å². The maximum absolute atomic E-state index is 11.5. The molecule has 0 aliphatic rings. The number of ketones is 1. The van der Waals surface area contributed by atoms with Gasteiger partial charge in [-0.05, 0) is 24.4 Å². The summed E-state index contributed by atoms with van der Waals surface area (Å²) in [6.07, 6.45) is 3.59. The van der Waals surface area contributed by atoms with E-state index in [1.165, 1.54) is 0 Å². The lowest BCUT2D eigenvalue weighted by Gasteiger charge is -2.15. The normalized spacial score (nSPS) is 11.4. The summed E-state index contributed by atoms with van der Waals surface area (Å²) in [6.45, 7) is 5.78. The van der Waals surface area contributed by atoms with Gasteiger partial charge >= 0.3 is 0 Å². The summed E-state index contributed by atoms with van der Waals surface area (Å²) in [5, 5.41) is -0.285. The number of carbonyl (C=O) groups excluding carboxylic acids is 2. The van der Waals surface area contributed by atoms with Crippen molar-refractivity contribution in [2.24, 2.45) is 5.41 Å². The Morgan fingerprint density at radius 2 is 1.50 bits per heavy atom. The number of carbonyl (C=O) groups is 2. The zero-order valence-corrected chi connectivity index (χ0v) is 9.99. The number of rotatable bonds is 6. The molecule has 0 aromatic rings. The minimum atomic E-state index is -0.285. The molecule has 14 heavy (non-hydrogen) atoms. The molecule has 0 radical (unpaired) electrons. The van der Waals surface area contributed by atoms with Crippen LogP contribution in [0.5, 0.6) is 0 Å². The van der Waals surface area contributed by atoms with E-state index in [4.69, 9.17) is 11.6 Å². The van der Waals surface area contributed by atoms with Crippen LogP contribution in [0, 0.1) is 5.41 Å². The predicted molar refractivity (Wildman–Crippen MR) is 58.4 cm³/mol. The fourth-order valence-corrected chi connectivity index (χ4v) is 1.23. The Kier molecular flexibility index (Phi) is 6.01. The second-order valence-electron chi connectivity index (χ2n) is 4.59. The summed E-state index contributed by atoms with van der Waals surface area (Å²) in [5.41, 5.74) is -0.234. The number of Topliss-reactive ketones (excluding diaryl/α,β-unsaturated/α-hetero) is 1. The molecule has 0 aliphatic carbocycles. The zero-order chi connectivity index (χ0) is 11.2. The Hall–Kier alpha value is -0.370. The molecule has 0 aliphatic heterocycles. The van der Waals surface area contributed by atoms with Crippen LogP contribution in [-0.2, 0) is 9.59 Å². The van der Waals surface area contributed by atoms with Gasteiger partial charge in [0.2, 0.25) is 5.24 Å². The largest absolute Gasteiger partial charge is 0.299 e. The first kappa shape index (κ1) is 13.6. The molecule has 3 heteroatoms. The molecule has 0 unspecified atom stereocenters. The van der Waals surface area contributed by atoms with Gasteiger partial charge in [-0.3, -0.25) is 9.59 Å². The number of unbranched alkanes of at least 4 members (excludes halogenated alkanes) is 2. The van der Waals surface area contributed by atoms with E-state index >= 15 is 0 Å². The highest BCUT2D eigenvalue weighted by Gasteiger charge is 2.19. The Bertz CT molecular complexity index is 204. The van der Waals surface area contributed by atoms with Crippen molar-refractivity contribution in [3.8, 4) is 0 Å². The summed E-state index contributed by atoms with van der Waals surface area (Å²) in [4.78, 5) is 21.9. The molecule has 0 saturated carbocycles. The maximum Gasteiger partial charge on any atom is 0.221 e. The number of hydrogen-bond acceptors (Lipinski definition) is 2. The van der Waals surface area contributed by atoms with Crippen LogP contribution in [0.25, 0.3) is 0 Å². The molecule has 0 rings (SSSR count). The van der Waals surface area contributed by atoms with Crippen molar-refractivity contribution in [2.45, 2.75) is 52.9 Å². The van der Waals surface area contributed by atoms with E-state index in [-0.39, 0.29) is 16.4 Å². The maximum atomic E-state index is 11.5. The molecule has 0 heterocycles. The Balaban J connectivity index is 3.46. The minimum Gasteiger partial charge on any atom is -0.299 e. The van der Waals surface area contributed by atoms with Crippen molar-refractivity contribution in [3.05, 3.63) is 0 Å². The summed E-state index contributed by atoms with van der Waals surface area (Å²) in [6, 6.07) is 0. The van der Waals surface area contributed by atoms with Crippen LogP contribution in [0.15, 0.2) is 0 Å². The third kappa shape index (κ3) is 7.07. The number of hydrogen-bond donors (Lipinski definition) is 0. The van der Waals surface area contributed by atoms with Crippen LogP contribution in [-0.4, -0.2) is 11.0 Å². The second-order valence-corrected chi connectivity index (χ2v) is 5.01. The highest BCUT2D eigenvalue weighted by atomic mass is 35.5. The van der Waals surface area contributed by atoms with Crippen LogP contribution in [0.2, 0.25) is 0 Å². The molecular formula is C11H19ClO2. The molecular weight excluding hydrogens is 200 g/mol. The van der Waals surface area contributed by atoms with Crippen LogP contribution in [0.3, 0.4) is 0 Å². The Morgan fingerprint density at radius 1 is 1.00 bits per heavy atom. The van der Waals surface area contributed by atoms with Gasteiger partial charge in [-0.1, -0.05) is 27.2 Å². The molecule has 0 spiro atoms. The lowest BCUT2D eigenvalue weighted by Crippen LogP contribution is -2.19. The fraction of sp³-hybridized carbons (Fsp3) is 0.818. The van der Waals surface area contributed by atoms with Crippen LogP contribution in [0.1, 0.15) is 52.9 Å². The lowest BCUT2D eigenvalue weighted by atomic mass is 9.88. The van der Waals surface area contributed by atoms with Crippen molar-refractivity contribution in [2.75, 3.05) is 0 Å². The van der Waals surface area contributed by atoms with Gasteiger partial charge in [0.15, 0.2) is 0 Å². The fourth-order valence-electron chi connectivity index (χ4n) is 1.10. The topological polar surface area (TPSA) is 34.1 Å². The van der Waals surface area contributed by atoms with Gasteiger partial charge < -0.3 is 0 Å². The highest BCUT2D eigenvalue weighted by molar-refractivity contribution is 6.63. The van der Waals surface area contributed by atoms with E-state index < -0.39 is 0 Å². The van der Waals surface area contributed by atoms with Gasteiger partial charge in [0, 0.05) is 18.3 Å². The summed E-state index contributed by atoms with van der Waals surface area (Å²) < 4.78 is 0. The Labute approximate surface area is 91.0 Å². The second kappa shape index (κ2) is 6.18. The average Bonchev–Trinajstić information content (AvgIpc) is 2.01. The molecule has 0 aromatic heterocycles. The van der Waals surface area contributed by atoms with Crippen LogP contribution >= 0.6 is 11.6 Å². The van der Waals surface area contributed by atoms with Crippen molar-refractivity contribution < 1.29 is 9.59 Å². The van der Waals surface area contributed by atoms with Gasteiger partial charge in [0.25, 0.3) is 0 Å². The van der Waals surface area contributed by atoms with E-state index in [9.17, 15) is 9.59 Å². The lowest BCUT2D eigenvalue weighted by molar-refractivity contribution is -0.126. The monoisotopic (exact) mass is 218 g/mol. The standard InChI is InChI=1S/C11H19ClO2/c1-11(2,3)9(13)7-5-4-6-8-10(12)14/h4-8H2,1-3H3. The quantitative estimate of drug-likeness (QED) is 0.506. The molecule has 82 valence electrons. The van der Waals surface area contributed by atoms with Crippen molar-refractivity contribution >= 4 is 22.6 Å². The summed E-state index contributed by atoms with van der Waals surface area (Å²) >= 11 is 5.19. The number of halogens is 1. The molecule has 2 nitrogen and oxygen atoms in total. The molecule has 0 atom stereocenters. The first-order valence-electron chi connectivity index (χ1n) is 5.05. The third-order valence-corrected chi connectivity index (χ3v) is 2.30. The van der Waals surface area contributed by atoms with Gasteiger partial charge in [-0.15, -0.1) is 0 Å². The zero-order valence-electron chi connectivity index (χ0n) is 9.23. The predicted octanol–water partition coefficient (Wildman–Crippen LogP) is 3.32. The highest BCUT2D eigenvalue weighted by Crippen LogP contribution is 2.18. The van der Waals surface area contributed by atoms with Crippen molar-refractivity contribution in [1.82, 2.24) is 0 Å². The minimum absolute atomic E-state index is 0.234. The van der Waals surface area contributed by atoms with Crippen molar-refractivity contribution in [3.63, 3.8) is 0 Å². The molecule has 0 fully saturated rings. The van der Waals surface area contributed by atoms with Gasteiger partial charge in [-0.2, -0.15) is 0 Å². The van der Waals surface area contributed by atoms with Crippen LogP contribution in [0.4, 0.5) is 0 Å². The van der Waals surface area contributed by atoms with E-state index in [0.717, 1.165) is 19.3 Å². The van der Waals surface area contributed by atoms with Crippen LogP contribution < -0.4 is 0 Å². The Morgan fingerprint density at radius 3 is 1.93 bits per heavy atom. The molecule has 0 saturated heterocycles. The first-order valence-corrected chi connectivity index (χ1v) is 5.43. The molecule has 0 amide bonds. The first-order chi connectivity index (χ1) is 6.34. The van der Waals surface area contributed by atoms with E-state index in [1.807, 2.05) is 20.8 Å². The molecule has 0 N–H and O–H groups in total. The van der Waals surface area contributed by atoms with Gasteiger partial charge in [-0.25, -0.2) is 0 Å². The van der Waals surface area contributed by atoms with Gasteiger partial charge in [0.1, 0.15) is 5.78 Å². The summed E-state index contributed by atoms with van der Waals surface area (Å²) in [7, 11) is 0. The van der Waals surface area contributed by atoms with E-state index in [2.05, 4.69) is 0 Å². The van der Waals surface area contributed by atoms with Crippen molar-refractivity contribution in [1.29, 1.82) is 0 Å². The molecule has 0 aromatic carbocycles. The average molecular weight is 219 g/mol. The smallest absolute Gasteiger partial charge is 0.221 e. The van der Waals surface area contributed by atoms with E-state index in [0.29, 0.717) is 12.8 Å². The SMILES string of the molecule is CC(C)(C)C(=O)CCCCCC(=O)Cl.